The Morgan fingerprint density at radius 2 is 1.85 bits per heavy atom. The maximum absolute atomic E-state index is 12.7. The fourth-order valence-corrected chi connectivity index (χ4v) is 4.33. The summed E-state index contributed by atoms with van der Waals surface area (Å²) in [5.41, 5.74) is 5.41. The minimum Gasteiger partial charge on any atom is -0.378 e. The Morgan fingerprint density at radius 1 is 1.03 bits per heavy atom. The van der Waals surface area contributed by atoms with Crippen molar-refractivity contribution in [1.29, 1.82) is 0 Å². The van der Waals surface area contributed by atoms with Gasteiger partial charge in [0.1, 0.15) is 0 Å². The molecule has 0 aliphatic heterocycles. The smallest absolute Gasteiger partial charge is 0.253 e. The molecule has 164 valence electrons. The molecule has 1 atom stereocenters. The molecule has 0 amide bonds. The normalized spacial score (nSPS) is 12.1. The van der Waals surface area contributed by atoms with Crippen LogP contribution < -0.4 is 10.9 Å². The summed E-state index contributed by atoms with van der Waals surface area (Å²) in [6.07, 6.45) is 3.73. The first-order valence-electron chi connectivity index (χ1n) is 10.8. The zero-order chi connectivity index (χ0) is 22.8. The van der Waals surface area contributed by atoms with Crippen LogP contribution in [0.1, 0.15) is 24.1 Å². The van der Waals surface area contributed by atoms with Gasteiger partial charge in [-0.25, -0.2) is 4.98 Å². The quantitative estimate of drug-likeness (QED) is 0.318. The van der Waals surface area contributed by atoms with Crippen LogP contribution in [0.3, 0.4) is 0 Å². The lowest BCUT2D eigenvalue weighted by atomic mass is 10.1. The zero-order valence-corrected chi connectivity index (χ0v) is 18.9. The highest BCUT2D eigenvalue weighted by Crippen LogP contribution is 2.27. The van der Waals surface area contributed by atoms with Crippen molar-refractivity contribution in [3.05, 3.63) is 118 Å². The number of hydrogen-bond donors (Lipinski definition) is 2. The second kappa shape index (κ2) is 8.96. The molecule has 5 rings (SSSR count). The van der Waals surface area contributed by atoms with E-state index in [9.17, 15) is 4.79 Å². The molecule has 6 heteroatoms. The van der Waals surface area contributed by atoms with Gasteiger partial charge in [0.15, 0.2) is 0 Å². The third kappa shape index (κ3) is 4.41. The Hall–Kier alpha value is -3.83. The van der Waals surface area contributed by atoms with Gasteiger partial charge in [0.25, 0.3) is 5.56 Å². The van der Waals surface area contributed by atoms with Crippen LogP contribution in [0.2, 0.25) is 5.02 Å². The van der Waals surface area contributed by atoms with Gasteiger partial charge < -0.3 is 14.9 Å². The van der Waals surface area contributed by atoms with Gasteiger partial charge in [0, 0.05) is 28.7 Å². The number of anilines is 1. The van der Waals surface area contributed by atoms with Crippen molar-refractivity contribution in [2.45, 2.75) is 19.5 Å². The summed E-state index contributed by atoms with van der Waals surface area (Å²) in [4.78, 5) is 20.0. The van der Waals surface area contributed by atoms with E-state index in [1.165, 1.54) is 5.56 Å². The maximum Gasteiger partial charge on any atom is 0.253 e. The summed E-state index contributed by atoms with van der Waals surface area (Å²) in [5, 5.41) is 4.91. The van der Waals surface area contributed by atoms with Crippen molar-refractivity contribution < 1.29 is 0 Å². The van der Waals surface area contributed by atoms with Crippen LogP contribution in [0.5, 0.6) is 0 Å². The average molecular weight is 455 g/mol. The van der Waals surface area contributed by atoms with E-state index in [0.717, 1.165) is 28.9 Å². The highest BCUT2D eigenvalue weighted by molar-refractivity contribution is 6.35. The summed E-state index contributed by atoms with van der Waals surface area (Å²) >= 11 is 6.23. The van der Waals surface area contributed by atoms with Gasteiger partial charge in [-0.1, -0.05) is 66.2 Å². The number of benzene rings is 3. The van der Waals surface area contributed by atoms with Crippen molar-refractivity contribution >= 4 is 28.2 Å². The fourth-order valence-electron chi connectivity index (χ4n) is 4.10. The molecule has 0 saturated carbocycles. The minimum absolute atomic E-state index is 0.146. The topological polar surface area (TPSA) is 62.7 Å². The number of fused-ring (bicyclic) bond motifs is 1. The summed E-state index contributed by atoms with van der Waals surface area (Å²) < 4.78 is 2.13. The van der Waals surface area contributed by atoms with Crippen LogP contribution >= 0.6 is 11.6 Å². The third-order valence-corrected chi connectivity index (χ3v) is 6.09. The lowest BCUT2D eigenvalue weighted by Gasteiger charge is -2.17. The van der Waals surface area contributed by atoms with Gasteiger partial charge in [-0.3, -0.25) is 4.79 Å². The first kappa shape index (κ1) is 21.0. The average Bonchev–Trinajstić information content (AvgIpc) is 3.28. The molecule has 0 unspecified atom stereocenters. The molecule has 5 nitrogen and oxygen atoms in total. The number of imidazole rings is 1. The Kier molecular flexibility index (Phi) is 5.71. The molecular formula is C27H23ClN4O. The zero-order valence-electron chi connectivity index (χ0n) is 18.1. The predicted molar refractivity (Wildman–Crippen MR) is 135 cm³/mol. The number of pyridine rings is 1. The number of nitrogens with zero attached hydrogens (tertiary/aromatic N) is 2. The van der Waals surface area contributed by atoms with Crippen molar-refractivity contribution in [3.8, 4) is 11.3 Å². The van der Waals surface area contributed by atoms with Crippen LogP contribution in [-0.4, -0.2) is 14.5 Å². The first-order valence-corrected chi connectivity index (χ1v) is 11.2. The summed E-state index contributed by atoms with van der Waals surface area (Å²) in [7, 11) is 0. The van der Waals surface area contributed by atoms with E-state index >= 15 is 0 Å². The lowest BCUT2D eigenvalue weighted by Crippen LogP contribution is -2.19. The van der Waals surface area contributed by atoms with Crippen molar-refractivity contribution in [2.75, 3.05) is 5.32 Å². The molecule has 0 radical (unpaired) electrons. The monoisotopic (exact) mass is 454 g/mol. The number of para-hydroxylation sites is 1. The second-order valence-corrected chi connectivity index (χ2v) is 8.50. The Morgan fingerprint density at radius 3 is 2.70 bits per heavy atom. The molecule has 0 saturated heterocycles. The third-order valence-electron chi connectivity index (χ3n) is 5.77. The molecule has 2 heterocycles. The molecule has 0 bridgehead atoms. The van der Waals surface area contributed by atoms with E-state index in [-0.39, 0.29) is 11.6 Å². The molecule has 0 aliphatic rings. The number of aromatic nitrogens is 3. The highest BCUT2D eigenvalue weighted by atomic mass is 35.5. The van der Waals surface area contributed by atoms with E-state index in [1.807, 2.05) is 68.0 Å². The molecule has 5 aromatic rings. The second-order valence-electron chi connectivity index (χ2n) is 8.10. The minimum atomic E-state index is -0.193. The van der Waals surface area contributed by atoms with Crippen LogP contribution in [0, 0.1) is 0 Å². The SMILES string of the molecule is C[C@H](Nc1cccc(-c2cncn2Cc2ccccc2)c1)c1cc2cccc(Cl)c2[nH]c1=O. The van der Waals surface area contributed by atoms with E-state index in [2.05, 4.69) is 44.1 Å². The van der Waals surface area contributed by atoms with Gasteiger partial charge in [-0.05, 0) is 36.8 Å². The molecule has 33 heavy (non-hydrogen) atoms. The number of hydrogen-bond acceptors (Lipinski definition) is 3. The fraction of sp³-hybridized carbons (Fsp3) is 0.111. The van der Waals surface area contributed by atoms with Crippen LogP contribution in [0.15, 0.2) is 96.2 Å². The number of aromatic amines is 1. The van der Waals surface area contributed by atoms with Crippen molar-refractivity contribution in [2.24, 2.45) is 0 Å². The molecule has 0 aliphatic carbocycles. The standard InChI is InChI=1S/C27H23ClN4O/c1-18(23-14-21-10-6-12-24(28)26(21)31-27(23)33)30-22-11-5-9-20(13-22)25-15-29-17-32(25)16-19-7-3-2-4-8-19/h2-15,17-18,30H,16H2,1H3,(H,31,33)/t18-/m0/s1. The number of halogens is 1. The van der Waals surface area contributed by atoms with E-state index in [0.29, 0.717) is 16.1 Å². The van der Waals surface area contributed by atoms with Crippen molar-refractivity contribution in [1.82, 2.24) is 14.5 Å². The van der Waals surface area contributed by atoms with E-state index < -0.39 is 0 Å². The van der Waals surface area contributed by atoms with Crippen LogP contribution in [0.4, 0.5) is 5.69 Å². The highest BCUT2D eigenvalue weighted by Gasteiger charge is 2.13. The van der Waals surface area contributed by atoms with Gasteiger partial charge in [-0.2, -0.15) is 0 Å². The summed E-state index contributed by atoms with van der Waals surface area (Å²) in [6, 6.07) is 25.8. The molecule has 2 N–H and O–H groups in total. The van der Waals surface area contributed by atoms with Gasteiger partial charge >= 0.3 is 0 Å². The number of rotatable bonds is 6. The van der Waals surface area contributed by atoms with Crippen molar-refractivity contribution in [3.63, 3.8) is 0 Å². The molecule has 0 fully saturated rings. The van der Waals surface area contributed by atoms with Crippen LogP contribution in [-0.2, 0) is 6.54 Å². The molecular weight excluding hydrogens is 432 g/mol. The Labute approximate surface area is 196 Å². The Bertz CT molecular complexity index is 1470. The first-order chi connectivity index (χ1) is 16.1. The van der Waals surface area contributed by atoms with Gasteiger partial charge in [0.2, 0.25) is 0 Å². The summed E-state index contributed by atoms with van der Waals surface area (Å²) in [5.74, 6) is 0. The molecule has 0 spiro atoms. The van der Waals surface area contributed by atoms with E-state index in [1.54, 1.807) is 6.07 Å². The van der Waals surface area contributed by atoms with Gasteiger partial charge in [0.05, 0.1) is 34.8 Å². The lowest BCUT2D eigenvalue weighted by molar-refractivity contribution is 0.805. The van der Waals surface area contributed by atoms with Gasteiger partial charge in [-0.15, -0.1) is 0 Å². The van der Waals surface area contributed by atoms with Crippen LogP contribution in [0.25, 0.3) is 22.2 Å². The van der Waals surface area contributed by atoms with E-state index in [4.69, 9.17) is 11.6 Å². The predicted octanol–water partition coefficient (Wildman–Crippen LogP) is 6.27. The number of nitrogens with one attached hydrogen (secondary N) is 2. The molecule has 2 aromatic heterocycles. The molecule has 3 aromatic carbocycles. The maximum atomic E-state index is 12.7. The number of H-pyrrole nitrogens is 1. The Balaban J connectivity index is 1.41. The summed E-state index contributed by atoms with van der Waals surface area (Å²) in [6.45, 7) is 2.73. The largest absolute Gasteiger partial charge is 0.378 e.